The zero-order valence-electron chi connectivity index (χ0n) is 34.1. The average molecular weight is 714 g/mol. The van der Waals surface area contributed by atoms with E-state index in [2.05, 4.69) is 55.6 Å². The molecule has 0 bridgehead atoms. The summed E-state index contributed by atoms with van der Waals surface area (Å²) in [5.41, 5.74) is 0. The Kier molecular flexibility index (Phi) is 41.4. The molecule has 0 fully saturated rings. The van der Waals surface area contributed by atoms with E-state index in [4.69, 9.17) is 0 Å². The first-order chi connectivity index (χ1) is 25.2. The summed E-state index contributed by atoms with van der Waals surface area (Å²) in [5.74, 6) is -0.0766. The number of aliphatic hydroxyl groups is 2. The van der Waals surface area contributed by atoms with E-state index in [1.807, 2.05) is 6.08 Å². The Labute approximate surface area is 318 Å². The second kappa shape index (κ2) is 42.8. The predicted molar refractivity (Wildman–Crippen MR) is 225 cm³/mol. The molecule has 4 heteroatoms. The molecule has 0 aromatic rings. The van der Waals surface area contributed by atoms with Crippen LogP contribution in [0, 0.1) is 0 Å². The Morgan fingerprint density at radius 1 is 0.471 bits per heavy atom. The maximum absolute atomic E-state index is 12.4. The molecular weight excluding hydrogens is 627 g/mol. The van der Waals surface area contributed by atoms with Crippen molar-refractivity contribution in [3.63, 3.8) is 0 Å². The Morgan fingerprint density at radius 3 is 1.20 bits per heavy atom. The second-order valence-electron chi connectivity index (χ2n) is 15.1. The molecule has 0 aliphatic rings. The molecule has 2 unspecified atom stereocenters. The lowest BCUT2D eigenvalue weighted by Crippen LogP contribution is -2.45. The van der Waals surface area contributed by atoms with Gasteiger partial charge in [-0.3, -0.25) is 4.79 Å². The summed E-state index contributed by atoms with van der Waals surface area (Å²) >= 11 is 0. The van der Waals surface area contributed by atoms with Gasteiger partial charge in [0.1, 0.15) is 0 Å². The lowest BCUT2D eigenvalue weighted by Gasteiger charge is -2.20. The third kappa shape index (κ3) is 39.4. The van der Waals surface area contributed by atoms with Crippen molar-refractivity contribution >= 4 is 5.91 Å². The first-order valence-corrected chi connectivity index (χ1v) is 22.4. The zero-order chi connectivity index (χ0) is 37.1. The first kappa shape index (κ1) is 49.4. The van der Waals surface area contributed by atoms with Crippen molar-refractivity contribution in [2.24, 2.45) is 0 Å². The van der Waals surface area contributed by atoms with Crippen LogP contribution in [0.4, 0.5) is 0 Å². The minimum atomic E-state index is -0.845. The molecule has 1 amide bonds. The van der Waals surface area contributed by atoms with Gasteiger partial charge in [-0.05, 0) is 57.8 Å². The van der Waals surface area contributed by atoms with Crippen LogP contribution in [0.15, 0.2) is 48.6 Å². The molecule has 0 saturated heterocycles. The van der Waals surface area contributed by atoms with Crippen LogP contribution in [0.1, 0.15) is 226 Å². The van der Waals surface area contributed by atoms with Gasteiger partial charge in [0, 0.05) is 6.42 Å². The fourth-order valence-corrected chi connectivity index (χ4v) is 6.60. The van der Waals surface area contributed by atoms with Crippen molar-refractivity contribution in [1.29, 1.82) is 0 Å². The lowest BCUT2D eigenvalue weighted by atomic mass is 10.0. The van der Waals surface area contributed by atoms with E-state index in [1.165, 1.54) is 154 Å². The summed E-state index contributed by atoms with van der Waals surface area (Å²) in [5, 5.41) is 23.0. The van der Waals surface area contributed by atoms with Gasteiger partial charge < -0.3 is 15.5 Å². The Balaban J connectivity index is 3.62. The third-order valence-electron chi connectivity index (χ3n) is 10.1. The average Bonchev–Trinajstić information content (AvgIpc) is 3.13. The quantitative estimate of drug-likeness (QED) is 0.0437. The van der Waals surface area contributed by atoms with Crippen molar-refractivity contribution in [3.8, 4) is 0 Å². The van der Waals surface area contributed by atoms with Gasteiger partial charge >= 0.3 is 0 Å². The summed E-state index contributed by atoms with van der Waals surface area (Å²) in [4.78, 5) is 12.4. The molecular formula is C47H87NO3. The van der Waals surface area contributed by atoms with Crippen molar-refractivity contribution in [3.05, 3.63) is 48.6 Å². The number of carbonyl (C=O) groups is 1. The number of carbonyl (C=O) groups excluding carboxylic acids is 1. The Morgan fingerprint density at radius 2 is 0.804 bits per heavy atom. The summed E-state index contributed by atoms with van der Waals surface area (Å²) < 4.78 is 0. The van der Waals surface area contributed by atoms with E-state index in [0.717, 1.165) is 51.4 Å². The minimum absolute atomic E-state index is 0.0766. The van der Waals surface area contributed by atoms with Crippen LogP contribution in [-0.4, -0.2) is 34.9 Å². The first-order valence-electron chi connectivity index (χ1n) is 22.4. The van der Waals surface area contributed by atoms with Crippen LogP contribution in [0.5, 0.6) is 0 Å². The highest BCUT2D eigenvalue weighted by atomic mass is 16.3. The van der Waals surface area contributed by atoms with Gasteiger partial charge in [-0.2, -0.15) is 0 Å². The number of hydrogen-bond acceptors (Lipinski definition) is 3. The molecule has 0 aliphatic heterocycles. The standard InChI is InChI=1S/C47H87NO3/c1-3-5-7-9-11-13-15-17-19-21-23-24-25-27-29-31-33-35-37-39-41-43-47(51)48-45(44-49)46(50)42-40-38-36-34-32-30-28-26-22-20-18-16-14-12-10-8-6-4-2/h15,17,21,23,25,27,40,42,45-46,49-50H,3-14,16,18-20,22,24,26,28-39,41,43-44H2,1-2H3,(H,48,51)/b17-15-,23-21-,27-25-,42-40+. The van der Waals surface area contributed by atoms with Gasteiger partial charge in [0.05, 0.1) is 18.8 Å². The van der Waals surface area contributed by atoms with E-state index in [1.54, 1.807) is 6.08 Å². The SMILES string of the molecule is CCCCCCC/C=C\C/C=C\C/C=C\CCCCCCCCC(=O)NC(CO)C(O)/C=C/CCCCCCCCCCCCCCCCCC. The molecule has 0 heterocycles. The summed E-state index contributed by atoms with van der Waals surface area (Å²) in [7, 11) is 0. The summed E-state index contributed by atoms with van der Waals surface area (Å²) in [6.45, 7) is 4.30. The number of aliphatic hydroxyl groups excluding tert-OH is 2. The highest BCUT2D eigenvalue weighted by Crippen LogP contribution is 2.15. The zero-order valence-corrected chi connectivity index (χ0v) is 34.1. The molecule has 4 nitrogen and oxygen atoms in total. The number of amides is 1. The molecule has 51 heavy (non-hydrogen) atoms. The number of rotatable bonds is 40. The van der Waals surface area contributed by atoms with Crippen molar-refractivity contribution in [2.75, 3.05) is 6.61 Å². The maximum Gasteiger partial charge on any atom is 0.220 e. The van der Waals surface area contributed by atoms with Gasteiger partial charge in [-0.1, -0.05) is 210 Å². The Hall–Kier alpha value is -1.65. The normalized spacial score (nSPS) is 13.4. The highest BCUT2D eigenvalue weighted by molar-refractivity contribution is 5.76. The van der Waals surface area contributed by atoms with Gasteiger partial charge in [0.2, 0.25) is 5.91 Å². The van der Waals surface area contributed by atoms with Gasteiger partial charge in [-0.25, -0.2) is 0 Å². The maximum atomic E-state index is 12.4. The molecule has 3 N–H and O–H groups in total. The van der Waals surface area contributed by atoms with Crippen molar-refractivity contribution in [2.45, 2.75) is 238 Å². The van der Waals surface area contributed by atoms with E-state index in [0.29, 0.717) is 6.42 Å². The molecule has 2 atom stereocenters. The number of hydrogen-bond donors (Lipinski definition) is 3. The monoisotopic (exact) mass is 714 g/mol. The fraction of sp³-hybridized carbons (Fsp3) is 0.809. The van der Waals surface area contributed by atoms with Gasteiger partial charge in [0.25, 0.3) is 0 Å². The van der Waals surface area contributed by atoms with Gasteiger partial charge in [-0.15, -0.1) is 0 Å². The summed E-state index contributed by atoms with van der Waals surface area (Å²) in [6.07, 6.45) is 57.8. The third-order valence-corrected chi connectivity index (χ3v) is 10.1. The van der Waals surface area contributed by atoms with E-state index in [9.17, 15) is 15.0 Å². The van der Waals surface area contributed by atoms with Crippen LogP contribution >= 0.6 is 0 Å². The van der Waals surface area contributed by atoms with Crippen LogP contribution in [0.3, 0.4) is 0 Å². The molecule has 0 saturated carbocycles. The second-order valence-corrected chi connectivity index (χ2v) is 15.1. The van der Waals surface area contributed by atoms with E-state index < -0.39 is 12.1 Å². The molecule has 0 aliphatic carbocycles. The smallest absolute Gasteiger partial charge is 0.220 e. The number of allylic oxidation sites excluding steroid dienone is 7. The number of nitrogens with one attached hydrogen (secondary N) is 1. The largest absolute Gasteiger partial charge is 0.394 e. The fourth-order valence-electron chi connectivity index (χ4n) is 6.60. The van der Waals surface area contributed by atoms with Crippen molar-refractivity contribution < 1.29 is 15.0 Å². The van der Waals surface area contributed by atoms with Crippen molar-refractivity contribution in [1.82, 2.24) is 5.32 Å². The van der Waals surface area contributed by atoms with Gasteiger partial charge in [0.15, 0.2) is 0 Å². The highest BCUT2D eigenvalue weighted by Gasteiger charge is 2.17. The van der Waals surface area contributed by atoms with E-state index >= 15 is 0 Å². The Bertz CT molecular complexity index is 816. The van der Waals surface area contributed by atoms with E-state index in [-0.39, 0.29) is 12.5 Å². The molecule has 0 rings (SSSR count). The predicted octanol–water partition coefficient (Wildman–Crippen LogP) is 14.0. The van der Waals surface area contributed by atoms with Crippen LogP contribution in [0.25, 0.3) is 0 Å². The summed E-state index contributed by atoms with van der Waals surface area (Å²) in [6, 6.07) is -0.630. The molecule has 0 aromatic carbocycles. The van der Waals surface area contributed by atoms with Crippen LogP contribution in [0.2, 0.25) is 0 Å². The lowest BCUT2D eigenvalue weighted by molar-refractivity contribution is -0.123. The van der Waals surface area contributed by atoms with Crippen LogP contribution in [-0.2, 0) is 4.79 Å². The molecule has 0 radical (unpaired) electrons. The molecule has 298 valence electrons. The topological polar surface area (TPSA) is 69.6 Å². The van der Waals surface area contributed by atoms with Crippen LogP contribution < -0.4 is 5.32 Å². The number of unbranched alkanes of at least 4 members (excludes halogenated alkanes) is 27. The molecule has 0 spiro atoms. The minimum Gasteiger partial charge on any atom is -0.394 e. The molecule has 0 aromatic heterocycles.